The van der Waals surface area contributed by atoms with Crippen LogP contribution in [-0.4, -0.2) is 37.5 Å². The van der Waals surface area contributed by atoms with Gasteiger partial charge in [-0.25, -0.2) is 0 Å². The maximum absolute atomic E-state index is 12.0. The zero-order valence-corrected chi connectivity index (χ0v) is 12.8. The first-order valence-corrected chi connectivity index (χ1v) is 8.03. The standard InChI is InChI=1S/C17H25N3O/c1-18-17(21)14-6-4-10-20(12-14)16-8-9-19-11-13-5-2-3-7-15(13)16/h2-3,5,7,14,16,19H,4,6,8-12H2,1H3,(H,18,21). The predicted octanol–water partition coefficient (Wildman–Crippen LogP) is 1.68. The summed E-state index contributed by atoms with van der Waals surface area (Å²) < 4.78 is 0. The van der Waals surface area contributed by atoms with Crippen LogP contribution in [0.25, 0.3) is 0 Å². The van der Waals surface area contributed by atoms with Crippen molar-refractivity contribution < 1.29 is 4.79 Å². The Balaban J connectivity index is 1.81. The van der Waals surface area contributed by atoms with Gasteiger partial charge in [-0.05, 0) is 43.5 Å². The Kier molecular flexibility index (Phi) is 4.56. The minimum absolute atomic E-state index is 0.145. The summed E-state index contributed by atoms with van der Waals surface area (Å²) in [5.74, 6) is 0.340. The largest absolute Gasteiger partial charge is 0.359 e. The van der Waals surface area contributed by atoms with E-state index in [-0.39, 0.29) is 11.8 Å². The summed E-state index contributed by atoms with van der Waals surface area (Å²) in [6.07, 6.45) is 3.25. The number of carbonyl (C=O) groups excluding carboxylic acids is 1. The number of nitrogens with zero attached hydrogens (tertiary/aromatic N) is 1. The molecular formula is C17H25N3O. The van der Waals surface area contributed by atoms with E-state index >= 15 is 0 Å². The summed E-state index contributed by atoms with van der Waals surface area (Å²) in [4.78, 5) is 14.5. The zero-order chi connectivity index (χ0) is 14.7. The Hall–Kier alpha value is -1.39. The third kappa shape index (κ3) is 3.11. The van der Waals surface area contributed by atoms with Crippen molar-refractivity contribution in [1.82, 2.24) is 15.5 Å². The number of rotatable bonds is 2. The number of benzene rings is 1. The Bertz CT molecular complexity index is 503. The van der Waals surface area contributed by atoms with E-state index < -0.39 is 0 Å². The first-order valence-electron chi connectivity index (χ1n) is 8.03. The summed E-state index contributed by atoms with van der Waals surface area (Å²) in [7, 11) is 1.74. The minimum Gasteiger partial charge on any atom is -0.359 e. The van der Waals surface area contributed by atoms with Gasteiger partial charge < -0.3 is 10.6 Å². The number of amides is 1. The van der Waals surface area contributed by atoms with Crippen LogP contribution in [0, 0.1) is 5.92 Å². The van der Waals surface area contributed by atoms with E-state index in [1.54, 1.807) is 7.05 Å². The smallest absolute Gasteiger partial charge is 0.224 e. The third-order valence-electron chi connectivity index (χ3n) is 4.83. The molecule has 0 bridgehead atoms. The minimum atomic E-state index is 0.145. The van der Waals surface area contributed by atoms with Crippen LogP contribution in [0.2, 0.25) is 0 Å². The average Bonchev–Trinajstić information content (AvgIpc) is 2.76. The molecule has 2 aliphatic heterocycles. The number of nitrogens with one attached hydrogen (secondary N) is 2. The molecule has 1 aromatic rings. The van der Waals surface area contributed by atoms with Crippen molar-refractivity contribution >= 4 is 5.91 Å². The predicted molar refractivity (Wildman–Crippen MR) is 83.9 cm³/mol. The van der Waals surface area contributed by atoms with Crippen LogP contribution in [0.3, 0.4) is 0 Å². The Morgan fingerprint density at radius 1 is 1.33 bits per heavy atom. The first-order chi connectivity index (χ1) is 10.3. The molecule has 2 aliphatic rings. The molecule has 21 heavy (non-hydrogen) atoms. The van der Waals surface area contributed by atoms with Crippen LogP contribution < -0.4 is 10.6 Å². The summed E-state index contributed by atoms with van der Waals surface area (Å²) in [5, 5.41) is 6.32. The van der Waals surface area contributed by atoms with E-state index in [1.165, 1.54) is 11.1 Å². The van der Waals surface area contributed by atoms with Crippen molar-refractivity contribution in [2.24, 2.45) is 5.92 Å². The van der Waals surface area contributed by atoms with E-state index in [2.05, 4.69) is 39.8 Å². The van der Waals surface area contributed by atoms with Crippen molar-refractivity contribution in [3.05, 3.63) is 35.4 Å². The maximum Gasteiger partial charge on any atom is 0.224 e. The molecule has 2 unspecified atom stereocenters. The molecule has 4 nitrogen and oxygen atoms in total. The molecular weight excluding hydrogens is 262 g/mol. The van der Waals surface area contributed by atoms with Gasteiger partial charge in [0.2, 0.25) is 5.91 Å². The highest BCUT2D eigenvalue weighted by molar-refractivity contribution is 5.78. The van der Waals surface area contributed by atoms with Crippen LogP contribution in [0.4, 0.5) is 0 Å². The van der Waals surface area contributed by atoms with E-state index in [0.717, 1.165) is 45.4 Å². The molecule has 114 valence electrons. The molecule has 0 aliphatic carbocycles. The average molecular weight is 287 g/mol. The summed E-state index contributed by atoms with van der Waals surface area (Å²) in [5.41, 5.74) is 2.85. The fourth-order valence-corrected chi connectivity index (χ4v) is 3.72. The molecule has 1 amide bonds. The fourth-order valence-electron chi connectivity index (χ4n) is 3.72. The molecule has 0 spiro atoms. The lowest BCUT2D eigenvalue weighted by atomic mass is 9.92. The second kappa shape index (κ2) is 6.58. The molecule has 2 N–H and O–H groups in total. The van der Waals surface area contributed by atoms with Gasteiger partial charge in [0.1, 0.15) is 0 Å². The van der Waals surface area contributed by atoms with E-state index in [1.807, 2.05) is 0 Å². The van der Waals surface area contributed by atoms with E-state index in [4.69, 9.17) is 0 Å². The lowest BCUT2D eigenvalue weighted by molar-refractivity contribution is -0.126. The molecule has 1 fully saturated rings. The van der Waals surface area contributed by atoms with Crippen LogP contribution >= 0.6 is 0 Å². The third-order valence-corrected chi connectivity index (χ3v) is 4.83. The van der Waals surface area contributed by atoms with Gasteiger partial charge >= 0.3 is 0 Å². The summed E-state index contributed by atoms with van der Waals surface area (Å²) in [6, 6.07) is 9.19. The van der Waals surface area contributed by atoms with Gasteiger partial charge in [-0.2, -0.15) is 0 Å². The molecule has 1 aromatic carbocycles. The highest BCUT2D eigenvalue weighted by atomic mass is 16.1. The van der Waals surface area contributed by atoms with E-state index in [9.17, 15) is 4.79 Å². The van der Waals surface area contributed by atoms with Crippen molar-refractivity contribution in [3.8, 4) is 0 Å². The second-order valence-electron chi connectivity index (χ2n) is 6.13. The highest BCUT2D eigenvalue weighted by Crippen LogP contribution is 2.32. The molecule has 0 radical (unpaired) electrons. The molecule has 2 heterocycles. The second-order valence-corrected chi connectivity index (χ2v) is 6.13. The van der Waals surface area contributed by atoms with Gasteiger partial charge in [0.05, 0.1) is 5.92 Å². The van der Waals surface area contributed by atoms with Crippen LogP contribution in [0.15, 0.2) is 24.3 Å². The number of fused-ring (bicyclic) bond motifs is 1. The van der Waals surface area contributed by atoms with Crippen molar-refractivity contribution in [2.45, 2.75) is 31.8 Å². The zero-order valence-electron chi connectivity index (χ0n) is 12.8. The van der Waals surface area contributed by atoms with Crippen LogP contribution in [0.5, 0.6) is 0 Å². The van der Waals surface area contributed by atoms with Gasteiger partial charge in [0.15, 0.2) is 0 Å². The molecule has 1 saturated heterocycles. The summed E-state index contributed by atoms with van der Waals surface area (Å²) in [6.45, 7) is 3.99. The van der Waals surface area contributed by atoms with Gasteiger partial charge in [-0.3, -0.25) is 9.69 Å². The Morgan fingerprint density at radius 3 is 3.05 bits per heavy atom. The first kappa shape index (κ1) is 14.5. The molecule has 0 aromatic heterocycles. The molecule has 3 rings (SSSR count). The lowest BCUT2D eigenvalue weighted by Gasteiger charge is -2.38. The quantitative estimate of drug-likeness (QED) is 0.870. The van der Waals surface area contributed by atoms with Gasteiger partial charge in [-0.1, -0.05) is 24.3 Å². The topological polar surface area (TPSA) is 44.4 Å². The number of piperidine rings is 1. The maximum atomic E-state index is 12.0. The number of carbonyl (C=O) groups is 1. The normalized spacial score (nSPS) is 26.7. The molecule has 0 saturated carbocycles. The monoisotopic (exact) mass is 287 g/mol. The fraction of sp³-hybridized carbons (Fsp3) is 0.588. The SMILES string of the molecule is CNC(=O)C1CCCN(C2CCNCc3ccccc32)C1. The Morgan fingerprint density at radius 2 is 2.19 bits per heavy atom. The van der Waals surface area contributed by atoms with Gasteiger partial charge in [-0.15, -0.1) is 0 Å². The number of hydrogen-bond donors (Lipinski definition) is 2. The molecule has 4 heteroatoms. The summed E-state index contributed by atoms with van der Waals surface area (Å²) >= 11 is 0. The van der Waals surface area contributed by atoms with Crippen LogP contribution in [-0.2, 0) is 11.3 Å². The highest BCUT2D eigenvalue weighted by Gasteiger charge is 2.31. The van der Waals surface area contributed by atoms with Crippen molar-refractivity contribution in [3.63, 3.8) is 0 Å². The number of hydrogen-bond acceptors (Lipinski definition) is 3. The van der Waals surface area contributed by atoms with Gasteiger partial charge in [0, 0.05) is 26.2 Å². The number of likely N-dealkylation sites (tertiary alicyclic amines) is 1. The van der Waals surface area contributed by atoms with Crippen LogP contribution in [0.1, 0.15) is 36.4 Å². The lowest BCUT2D eigenvalue weighted by Crippen LogP contribution is -2.44. The van der Waals surface area contributed by atoms with E-state index in [0.29, 0.717) is 6.04 Å². The Labute approximate surface area is 126 Å². The van der Waals surface area contributed by atoms with Gasteiger partial charge in [0.25, 0.3) is 0 Å². The van der Waals surface area contributed by atoms with Crippen molar-refractivity contribution in [2.75, 3.05) is 26.7 Å². The molecule has 2 atom stereocenters. The van der Waals surface area contributed by atoms with Crippen molar-refractivity contribution in [1.29, 1.82) is 0 Å².